The lowest BCUT2D eigenvalue weighted by atomic mass is 11.1. The molecule has 1 nitrogen and oxygen atoms in total. The third-order valence-corrected chi connectivity index (χ3v) is 2.53. The summed E-state index contributed by atoms with van der Waals surface area (Å²) in [4.78, 5) is 0. The minimum absolute atomic E-state index is 0.958. The molecule has 1 aliphatic heterocycles. The summed E-state index contributed by atoms with van der Waals surface area (Å²) < 4.78 is 0. The zero-order valence-corrected chi connectivity index (χ0v) is 4.81. The molecule has 0 saturated carbocycles. The fourth-order valence-electron chi connectivity index (χ4n) is 0.252. The maximum Gasteiger partial charge on any atom is 0.0727 e. The Morgan fingerprint density at radius 3 is 2.83 bits per heavy atom. The molecule has 3 heteroatoms. The van der Waals surface area contributed by atoms with Crippen LogP contribution in [0.4, 0.5) is 0 Å². The molecule has 0 amide bonds. The Labute approximate surface area is 45.4 Å². The highest BCUT2D eigenvalue weighted by Crippen LogP contribution is 2.27. The summed E-state index contributed by atoms with van der Waals surface area (Å²) in [5, 5.41) is 4.04. The smallest absolute Gasteiger partial charge is 0.0727 e. The van der Waals surface area contributed by atoms with E-state index in [1.807, 2.05) is 5.41 Å². The molecule has 1 heterocycles. The van der Waals surface area contributed by atoms with Crippen LogP contribution in [0.25, 0.3) is 0 Å². The Kier molecular flexibility index (Phi) is 1.32. The number of hydrogen-bond donors (Lipinski definition) is 1. The fourth-order valence-corrected chi connectivity index (χ4v) is 1.98. The van der Waals surface area contributed by atoms with Crippen LogP contribution >= 0.6 is 23.5 Å². The van der Waals surface area contributed by atoms with Gasteiger partial charge in [0.25, 0.3) is 0 Å². The van der Waals surface area contributed by atoms with Gasteiger partial charge in [0.05, 0.1) is 5.03 Å². The van der Waals surface area contributed by atoms with E-state index < -0.39 is 0 Å². The van der Waals surface area contributed by atoms with Crippen molar-refractivity contribution >= 4 is 23.5 Å². The van der Waals surface area contributed by atoms with Gasteiger partial charge in [-0.3, -0.25) is 0 Å². The Balaban J connectivity index is 2.45. The predicted molar refractivity (Wildman–Crippen MR) is 32.3 cm³/mol. The number of thioether (sulfide) groups is 2. The summed E-state index contributed by atoms with van der Waals surface area (Å²) in [6.45, 7) is 0. The van der Waals surface area contributed by atoms with Gasteiger partial charge >= 0.3 is 0 Å². The highest BCUT2D eigenvalue weighted by molar-refractivity contribution is 8.21. The van der Waals surface area contributed by atoms with E-state index in [0.29, 0.717) is 0 Å². The third-order valence-electron chi connectivity index (χ3n) is 0.493. The zero-order chi connectivity index (χ0) is 4.41. The molecule has 0 spiro atoms. The molecule has 6 heavy (non-hydrogen) atoms. The van der Waals surface area contributed by atoms with Crippen LogP contribution in [-0.4, -0.2) is 5.08 Å². The van der Waals surface area contributed by atoms with Crippen molar-refractivity contribution in [1.29, 1.82) is 0 Å². The van der Waals surface area contributed by atoms with Crippen molar-refractivity contribution in [3.8, 4) is 0 Å². The summed E-state index contributed by atoms with van der Waals surface area (Å²) >= 11 is 3.46. The average Bonchev–Trinajstić information content (AvgIpc) is 1.86. The van der Waals surface area contributed by atoms with Gasteiger partial charge in [0.1, 0.15) is 0 Å². The topological polar surface area (TPSA) is 26.0 Å². The third kappa shape index (κ3) is 0.849. The van der Waals surface area contributed by atoms with Gasteiger partial charge in [-0.25, -0.2) is 0 Å². The molecule has 1 rings (SSSR count). The lowest BCUT2D eigenvalue weighted by molar-refractivity contribution is 1.58. The van der Waals surface area contributed by atoms with Gasteiger partial charge in [-0.05, 0) is 0 Å². The molecule has 0 unspecified atom stereocenters. The molecule has 2 N–H and O–H groups in total. The average molecular weight is 119 g/mol. The molecule has 0 fully saturated rings. The van der Waals surface area contributed by atoms with Crippen LogP contribution in [0.5, 0.6) is 0 Å². The van der Waals surface area contributed by atoms with Gasteiger partial charge in [0.2, 0.25) is 0 Å². The van der Waals surface area contributed by atoms with E-state index in [9.17, 15) is 0 Å². The van der Waals surface area contributed by atoms with Crippen molar-refractivity contribution in [3.63, 3.8) is 0 Å². The van der Waals surface area contributed by atoms with Crippen molar-refractivity contribution in [3.05, 3.63) is 10.4 Å². The first-order valence-electron chi connectivity index (χ1n) is 1.59. The first kappa shape index (κ1) is 4.40. The molecular formula is C3H5NS2. The molecule has 0 aromatic heterocycles. The van der Waals surface area contributed by atoms with Gasteiger partial charge in [-0.1, -0.05) is 11.8 Å². The van der Waals surface area contributed by atoms with E-state index in [-0.39, 0.29) is 0 Å². The number of nitrogens with two attached hydrogens (primary N) is 1. The minimum Gasteiger partial charge on any atom is -0.393 e. The SMILES string of the molecule is NC1=CSCS1. The molecule has 0 atom stereocenters. The largest absolute Gasteiger partial charge is 0.393 e. The van der Waals surface area contributed by atoms with E-state index in [2.05, 4.69) is 0 Å². The van der Waals surface area contributed by atoms with Crippen molar-refractivity contribution in [2.45, 2.75) is 0 Å². The Morgan fingerprint density at radius 2 is 2.67 bits per heavy atom. The quantitative estimate of drug-likeness (QED) is 0.518. The second kappa shape index (κ2) is 1.80. The first-order valence-corrected chi connectivity index (χ1v) is 3.63. The highest BCUT2D eigenvalue weighted by atomic mass is 32.2. The molecule has 0 bridgehead atoms. The molecule has 0 aromatic carbocycles. The van der Waals surface area contributed by atoms with Crippen LogP contribution in [0, 0.1) is 0 Å². The van der Waals surface area contributed by atoms with Gasteiger partial charge in [-0.15, -0.1) is 11.8 Å². The number of hydrogen-bond acceptors (Lipinski definition) is 3. The van der Waals surface area contributed by atoms with Crippen LogP contribution < -0.4 is 5.73 Å². The van der Waals surface area contributed by atoms with Crippen LogP contribution in [0.1, 0.15) is 0 Å². The Morgan fingerprint density at radius 1 is 1.83 bits per heavy atom. The van der Waals surface area contributed by atoms with Crippen molar-refractivity contribution in [2.24, 2.45) is 5.73 Å². The monoisotopic (exact) mass is 119 g/mol. The van der Waals surface area contributed by atoms with Crippen LogP contribution in [0.15, 0.2) is 10.4 Å². The fraction of sp³-hybridized carbons (Fsp3) is 0.333. The van der Waals surface area contributed by atoms with Crippen molar-refractivity contribution in [1.82, 2.24) is 0 Å². The Hall–Kier alpha value is 0.240. The molecule has 0 aliphatic carbocycles. The summed E-state index contributed by atoms with van der Waals surface area (Å²) in [6, 6.07) is 0. The summed E-state index contributed by atoms with van der Waals surface area (Å²) in [6.07, 6.45) is 0. The summed E-state index contributed by atoms with van der Waals surface area (Å²) in [5.74, 6) is 0. The normalized spacial score (nSPS) is 21.0. The first-order chi connectivity index (χ1) is 2.89. The lowest BCUT2D eigenvalue weighted by Crippen LogP contribution is -1.84. The van der Waals surface area contributed by atoms with Gasteiger partial charge in [0.15, 0.2) is 0 Å². The molecular weight excluding hydrogens is 114 g/mol. The molecule has 0 saturated heterocycles. The summed E-state index contributed by atoms with van der Waals surface area (Å²) in [5.41, 5.74) is 5.34. The van der Waals surface area contributed by atoms with Gasteiger partial charge in [-0.2, -0.15) is 0 Å². The van der Waals surface area contributed by atoms with E-state index in [4.69, 9.17) is 5.73 Å². The molecule has 0 radical (unpaired) electrons. The van der Waals surface area contributed by atoms with E-state index >= 15 is 0 Å². The maximum absolute atomic E-state index is 5.34. The molecule has 0 aromatic rings. The maximum atomic E-state index is 5.34. The predicted octanol–water partition coefficient (Wildman–Crippen LogP) is 1.18. The van der Waals surface area contributed by atoms with Crippen LogP contribution in [0.2, 0.25) is 0 Å². The van der Waals surface area contributed by atoms with E-state index in [1.165, 1.54) is 0 Å². The lowest BCUT2D eigenvalue weighted by Gasteiger charge is -1.80. The van der Waals surface area contributed by atoms with E-state index in [1.54, 1.807) is 23.5 Å². The Bertz CT molecular complexity index is 78.9. The van der Waals surface area contributed by atoms with Crippen molar-refractivity contribution in [2.75, 3.05) is 5.08 Å². The van der Waals surface area contributed by atoms with Gasteiger partial charge < -0.3 is 5.73 Å². The second-order valence-corrected chi connectivity index (χ2v) is 3.22. The van der Waals surface area contributed by atoms with Crippen molar-refractivity contribution < 1.29 is 0 Å². The van der Waals surface area contributed by atoms with E-state index in [0.717, 1.165) is 10.1 Å². The standard InChI is InChI=1S/C3H5NS2/c4-3-1-5-2-6-3/h1H,2,4H2. The number of rotatable bonds is 0. The molecule has 34 valence electrons. The zero-order valence-electron chi connectivity index (χ0n) is 3.18. The van der Waals surface area contributed by atoms with Gasteiger partial charge in [0, 0.05) is 10.5 Å². The molecule has 1 aliphatic rings. The second-order valence-electron chi connectivity index (χ2n) is 0.949. The van der Waals surface area contributed by atoms with Crippen LogP contribution in [-0.2, 0) is 0 Å². The highest BCUT2D eigenvalue weighted by Gasteiger charge is 1.97. The van der Waals surface area contributed by atoms with Crippen LogP contribution in [0.3, 0.4) is 0 Å². The summed E-state index contributed by atoms with van der Waals surface area (Å²) in [7, 11) is 0. The minimum atomic E-state index is 0.958.